The van der Waals surface area contributed by atoms with E-state index in [1.807, 2.05) is 13.8 Å². The summed E-state index contributed by atoms with van der Waals surface area (Å²) in [7, 11) is 0. The Balaban J connectivity index is -0.000000173. The van der Waals surface area contributed by atoms with Crippen LogP contribution in [0.2, 0.25) is 0 Å². The molecule has 0 aliphatic heterocycles. The number of hydrogen-bond acceptors (Lipinski definition) is 2. The van der Waals surface area contributed by atoms with Crippen LogP contribution in [-0.2, 0) is 0 Å². The predicted molar refractivity (Wildman–Crippen MR) is 67.5 cm³/mol. The Bertz CT molecular complexity index is 150. The van der Waals surface area contributed by atoms with Crippen LogP contribution < -0.4 is 5.73 Å². The maximum absolute atomic E-state index is 8.67. The summed E-state index contributed by atoms with van der Waals surface area (Å²) >= 11 is 8.37. The van der Waals surface area contributed by atoms with Gasteiger partial charge >= 0.3 is 19.8 Å². The molecule has 0 bridgehead atoms. The Morgan fingerprint density at radius 1 is 1.23 bits per heavy atom. The number of nitrogens with two attached hydrogens (primary N) is 1. The number of nitrogens with zero attached hydrogens (tertiary/aromatic N) is 1. The van der Waals surface area contributed by atoms with Gasteiger partial charge in [-0.15, -0.1) is 0 Å². The van der Waals surface area contributed by atoms with Crippen LogP contribution in [0, 0.1) is 0 Å². The fourth-order valence-electron chi connectivity index (χ4n) is 0.494. The zero-order valence-electron chi connectivity index (χ0n) is 7.15. The topological polar surface area (TPSA) is 69.7 Å². The molecule has 4 nitrogen and oxygen atoms in total. The molecular weight excluding hydrogens is 266 g/mol. The second-order valence-electron chi connectivity index (χ2n) is 1.79. The third kappa shape index (κ3) is 18.8. The minimum atomic E-state index is -0.500. The van der Waals surface area contributed by atoms with Crippen molar-refractivity contribution in [3.63, 3.8) is 0 Å². The third-order valence-electron chi connectivity index (χ3n) is 1.03. The van der Waals surface area contributed by atoms with Crippen molar-refractivity contribution in [1.82, 2.24) is 4.90 Å². The fraction of sp³-hybridized carbons (Fsp3) is 0.667. The van der Waals surface area contributed by atoms with E-state index in [-0.39, 0.29) is 25.0 Å². The van der Waals surface area contributed by atoms with Crippen LogP contribution >= 0.6 is 24.4 Å². The SMILES string of the molecule is CCN(CC)C(O)=S.NC(O)=S.[GaH3]. The summed E-state index contributed by atoms with van der Waals surface area (Å²) in [6.07, 6.45) is 0. The maximum atomic E-state index is 8.67. The van der Waals surface area contributed by atoms with Crippen molar-refractivity contribution in [1.29, 1.82) is 0 Å². The molecule has 0 unspecified atom stereocenters. The van der Waals surface area contributed by atoms with Gasteiger partial charge in [-0.05, 0) is 38.3 Å². The van der Waals surface area contributed by atoms with E-state index in [2.05, 4.69) is 30.2 Å². The summed E-state index contributed by atoms with van der Waals surface area (Å²) in [5.41, 5.74) is 4.40. The molecule has 4 N–H and O–H groups in total. The van der Waals surface area contributed by atoms with Gasteiger partial charge in [-0.2, -0.15) is 0 Å². The zero-order valence-corrected chi connectivity index (χ0v) is 8.78. The number of aliphatic hydroxyl groups excluding tert-OH is 2. The Labute approximate surface area is 102 Å². The molecule has 0 atom stereocenters. The third-order valence-corrected chi connectivity index (χ3v) is 1.29. The quantitative estimate of drug-likeness (QED) is 0.480. The van der Waals surface area contributed by atoms with Crippen LogP contribution in [0.25, 0.3) is 0 Å². The van der Waals surface area contributed by atoms with E-state index in [0.29, 0.717) is 0 Å². The van der Waals surface area contributed by atoms with Gasteiger partial charge in [0.15, 0.2) is 0 Å². The van der Waals surface area contributed by atoms with Gasteiger partial charge in [0.25, 0.3) is 10.3 Å². The van der Waals surface area contributed by atoms with Gasteiger partial charge in [-0.1, -0.05) is 0 Å². The van der Waals surface area contributed by atoms with Crippen LogP contribution in [0.3, 0.4) is 0 Å². The first kappa shape index (κ1) is 18.7. The molecule has 0 aromatic rings. The van der Waals surface area contributed by atoms with E-state index in [4.69, 9.17) is 10.2 Å². The van der Waals surface area contributed by atoms with E-state index < -0.39 is 5.17 Å². The Morgan fingerprint density at radius 2 is 1.46 bits per heavy atom. The van der Waals surface area contributed by atoms with Gasteiger partial charge in [-0.3, -0.25) is 0 Å². The molecule has 0 fully saturated rings. The van der Waals surface area contributed by atoms with Gasteiger partial charge < -0.3 is 20.8 Å². The Hall–Kier alpha value is 0.0164. The molecule has 0 amide bonds. The van der Waals surface area contributed by atoms with Crippen molar-refractivity contribution in [2.45, 2.75) is 13.8 Å². The molecule has 0 rings (SSSR count). The van der Waals surface area contributed by atoms with Crippen molar-refractivity contribution >= 4 is 54.6 Å². The fourth-order valence-corrected chi connectivity index (χ4v) is 0.752. The summed E-state index contributed by atoms with van der Waals surface area (Å²) in [6, 6.07) is 0. The van der Waals surface area contributed by atoms with Crippen molar-refractivity contribution < 1.29 is 10.2 Å². The molecule has 0 spiro atoms. The van der Waals surface area contributed by atoms with Crippen molar-refractivity contribution in [3.05, 3.63) is 0 Å². The van der Waals surface area contributed by atoms with Gasteiger partial charge in [-0.25, -0.2) is 0 Å². The molecule has 0 heterocycles. The summed E-state index contributed by atoms with van der Waals surface area (Å²) in [6.45, 7) is 5.47. The number of thiocarbonyl (C=S) groups is 2. The van der Waals surface area contributed by atoms with E-state index in [1.54, 1.807) is 4.90 Å². The van der Waals surface area contributed by atoms with Crippen molar-refractivity contribution in [2.75, 3.05) is 13.1 Å². The molecule has 0 aromatic carbocycles. The first-order valence-corrected chi connectivity index (χ1v) is 4.23. The average molecular weight is 283 g/mol. The van der Waals surface area contributed by atoms with Crippen molar-refractivity contribution in [3.8, 4) is 0 Å². The molecule has 7 heteroatoms. The molecule has 13 heavy (non-hydrogen) atoms. The standard InChI is InChI=1S/C5H11NOS.CH3NOS.Ga.3H/c1-3-6(4-2)5(7)8;2-1(3)4;;;;/h3-4H2,1-2H3,(H,7,8);(H3,2,3,4);;;;. The van der Waals surface area contributed by atoms with Crippen LogP contribution in [0.4, 0.5) is 0 Å². The van der Waals surface area contributed by atoms with E-state index >= 15 is 0 Å². The molecule has 0 aliphatic rings. The second-order valence-corrected chi connectivity index (χ2v) is 2.58. The average Bonchev–Trinajstić information content (AvgIpc) is 1.87. The van der Waals surface area contributed by atoms with Crippen LogP contribution in [-0.4, -0.2) is 58.3 Å². The number of aliphatic hydroxyl groups is 2. The van der Waals surface area contributed by atoms with Gasteiger partial charge in [0.1, 0.15) is 0 Å². The summed E-state index contributed by atoms with van der Waals surface area (Å²) in [5.74, 6) is 0. The van der Waals surface area contributed by atoms with Crippen LogP contribution in [0.15, 0.2) is 0 Å². The molecule has 0 saturated heterocycles. The zero-order chi connectivity index (χ0) is 10.1. The predicted octanol–water partition coefficient (Wildman–Crippen LogP) is -0.225. The Kier molecular flexibility index (Phi) is 17.3. The molecule has 0 aromatic heterocycles. The molecule has 78 valence electrons. The summed E-state index contributed by atoms with van der Waals surface area (Å²) in [4.78, 5) is 1.70. The van der Waals surface area contributed by atoms with E-state index in [0.717, 1.165) is 13.1 Å². The second kappa shape index (κ2) is 12.0. The number of hydrogen-bond donors (Lipinski definition) is 3. The summed E-state index contributed by atoms with van der Waals surface area (Å²) < 4.78 is 0. The summed E-state index contributed by atoms with van der Waals surface area (Å²) in [5, 5.41) is 15.7. The monoisotopic (exact) mass is 282 g/mol. The first-order valence-electron chi connectivity index (χ1n) is 3.41. The van der Waals surface area contributed by atoms with E-state index in [9.17, 15) is 0 Å². The van der Waals surface area contributed by atoms with E-state index in [1.165, 1.54) is 0 Å². The Morgan fingerprint density at radius 3 is 1.46 bits per heavy atom. The van der Waals surface area contributed by atoms with Gasteiger partial charge in [0, 0.05) is 13.1 Å². The van der Waals surface area contributed by atoms with Gasteiger partial charge in [0.2, 0.25) is 0 Å². The first-order chi connectivity index (χ1) is 5.45. The van der Waals surface area contributed by atoms with Crippen LogP contribution in [0.1, 0.15) is 13.8 Å². The molecular formula is C6H17GaN2O2S2. The number of rotatable bonds is 2. The van der Waals surface area contributed by atoms with Crippen LogP contribution in [0.5, 0.6) is 0 Å². The molecule has 0 aliphatic carbocycles. The molecule has 0 radical (unpaired) electrons. The molecule has 0 saturated carbocycles. The van der Waals surface area contributed by atoms with Gasteiger partial charge in [0.05, 0.1) is 0 Å². The minimum absolute atomic E-state index is 0. The van der Waals surface area contributed by atoms with Crippen molar-refractivity contribution in [2.24, 2.45) is 5.73 Å². The normalized spacial score (nSPS) is 7.23.